The molecule has 0 amide bonds. The fraction of sp³-hybridized carbons (Fsp3) is 0.765. The highest BCUT2D eigenvalue weighted by Gasteiger charge is 2.30. The molecule has 3 heteroatoms. The van der Waals surface area contributed by atoms with Crippen LogP contribution in [0.25, 0.3) is 0 Å². The average molecular weight is 297 g/mol. The fourth-order valence-corrected chi connectivity index (χ4v) is 3.62. The smallest absolute Gasteiger partial charge is 0.0868 e. The molecule has 0 aliphatic carbocycles. The molecule has 1 unspecified atom stereocenters. The number of nitrogens with zero attached hydrogens (tertiary/aromatic N) is 1. The van der Waals surface area contributed by atoms with Crippen molar-refractivity contribution in [2.24, 2.45) is 5.73 Å². The normalized spacial score (nSPS) is 17.9. The van der Waals surface area contributed by atoms with Gasteiger partial charge in [0.1, 0.15) is 0 Å². The van der Waals surface area contributed by atoms with Crippen LogP contribution in [0.4, 0.5) is 0 Å². The quantitative estimate of drug-likeness (QED) is 0.422. The zero-order valence-corrected chi connectivity index (χ0v) is 14.3. The van der Waals surface area contributed by atoms with E-state index in [0.29, 0.717) is 0 Å². The first-order chi connectivity index (χ1) is 9.62. The van der Waals surface area contributed by atoms with Gasteiger partial charge in [-0.3, -0.25) is 0 Å². The zero-order valence-electron chi connectivity index (χ0n) is 13.5. The first kappa shape index (κ1) is 17.5. The van der Waals surface area contributed by atoms with E-state index in [9.17, 15) is 0 Å². The Labute approximate surface area is 130 Å². The SMILES string of the molecule is CCCCCCC(C)(CCCCC)N1C=CC=C(N)S1. The van der Waals surface area contributed by atoms with Crippen molar-refractivity contribution in [3.63, 3.8) is 0 Å². The standard InChI is InChI=1S/C17H32N2S/c1-4-6-8-10-14-17(3,13-9-7-5-2)19-15-11-12-16(18)20-19/h11-12,15H,4-10,13-14,18H2,1-3H3. The van der Waals surface area contributed by atoms with Gasteiger partial charge in [0.25, 0.3) is 0 Å². The van der Waals surface area contributed by atoms with Crippen LogP contribution < -0.4 is 5.73 Å². The Morgan fingerprint density at radius 3 is 2.25 bits per heavy atom. The minimum absolute atomic E-state index is 0.239. The lowest BCUT2D eigenvalue weighted by molar-refractivity contribution is 0.230. The third-order valence-electron chi connectivity index (χ3n) is 4.11. The van der Waals surface area contributed by atoms with E-state index in [2.05, 4.69) is 37.4 Å². The van der Waals surface area contributed by atoms with Gasteiger partial charge in [0.2, 0.25) is 0 Å². The Kier molecular flexibility index (Phi) is 8.20. The molecule has 0 aromatic heterocycles. The largest absolute Gasteiger partial charge is 0.392 e. The molecule has 2 nitrogen and oxygen atoms in total. The minimum atomic E-state index is 0.239. The number of unbranched alkanes of at least 4 members (excludes halogenated alkanes) is 5. The van der Waals surface area contributed by atoms with E-state index in [1.807, 2.05) is 6.08 Å². The third kappa shape index (κ3) is 5.82. The molecule has 1 aliphatic heterocycles. The predicted molar refractivity (Wildman–Crippen MR) is 92.1 cm³/mol. The van der Waals surface area contributed by atoms with Gasteiger partial charge in [-0.05, 0) is 31.9 Å². The predicted octanol–water partition coefficient (Wildman–Crippen LogP) is 5.57. The van der Waals surface area contributed by atoms with E-state index in [1.165, 1.54) is 57.8 Å². The van der Waals surface area contributed by atoms with Gasteiger partial charge < -0.3 is 10.0 Å². The number of allylic oxidation sites excluding steroid dienone is 2. The molecule has 0 saturated heterocycles. The van der Waals surface area contributed by atoms with Crippen LogP contribution in [0.3, 0.4) is 0 Å². The molecule has 0 bridgehead atoms. The van der Waals surface area contributed by atoms with E-state index in [4.69, 9.17) is 5.73 Å². The lowest BCUT2D eigenvalue weighted by atomic mass is 9.88. The Morgan fingerprint density at radius 1 is 1.05 bits per heavy atom. The first-order valence-electron chi connectivity index (χ1n) is 8.23. The van der Waals surface area contributed by atoms with Crippen LogP contribution >= 0.6 is 11.9 Å². The molecule has 1 atom stereocenters. The summed E-state index contributed by atoms with van der Waals surface area (Å²) in [5.74, 6) is 0. The van der Waals surface area contributed by atoms with E-state index in [0.717, 1.165) is 5.03 Å². The van der Waals surface area contributed by atoms with Crippen LogP contribution in [0.5, 0.6) is 0 Å². The van der Waals surface area contributed by atoms with Crippen LogP contribution in [-0.4, -0.2) is 9.84 Å². The summed E-state index contributed by atoms with van der Waals surface area (Å²) in [5.41, 5.74) is 6.22. The third-order valence-corrected chi connectivity index (χ3v) is 5.21. The van der Waals surface area contributed by atoms with Gasteiger partial charge in [0.15, 0.2) is 0 Å². The Balaban J connectivity index is 2.57. The van der Waals surface area contributed by atoms with Gasteiger partial charge >= 0.3 is 0 Å². The molecular weight excluding hydrogens is 264 g/mol. The second-order valence-electron chi connectivity index (χ2n) is 6.09. The van der Waals surface area contributed by atoms with Crippen LogP contribution in [0.2, 0.25) is 0 Å². The monoisotopic (exact) mass is 296 g/mol. The number of hydrogen-bond acceptors (Lipinski definition) is 3. The highest BCUT2D eigenvalue weighted by Crippen LogP contribution is 2.37. The molecule has 20 heavy (non-hydrogen) atoms. The topological polar surface area (TPSA) is 29.3 Å². The molecule has 0 radical (unpaired) electrons. The fourth-order valence-electron chi connectivity index (χ4n) is 2.71. The number of nitrogens with two attached hydrogens (primary N) is 1. The van der Waals surface area contributed by atoms with Crippen LogP contribution in [-0.2, 0) is 0 Å². The van der Waals surface area contributed by atoms with Gasteiger partial charge in [0.05, 0.1) is 5.03 Å². The van der Waals surface area contributed by atoms with Crippen LogP contribution in [0.1, 0.15) is 78.6 Å². The molecule has 0 spiro atoms. The molecule has 0 aromatic rings. The van der Waals surface area contributed by atoms with Gasteiger partial charge in [-0.25, -0.2) is 0 Å². The minimum Gasteiger partial charge on any atom is -0.392 e. The summed E-state index contributed by atoms with van der Waals surface area (Å²) in [4.78, 5) is 0. The lowest BCUT2D eigenvalue weighted by Crippen LogP contribution is -2.40. The molecule has 1 rings (SSSR count). The van der Waals surface area contributed by atoms with Crippen molar-refractivity contribution in [2.75, 3.05) is 0 Å². The van der Waals surface area contributed by atoms with Gasteiger partial charge in [-0.2, -0.15) is 0 Å². The molecule has 116 valence electrons. The second-order valence-corrected chi connectivity index (χ2v) is 7.14. The molecule has 1 aliphatic rings. The highest BCUT2D eigenvalue weighted by atomic mass is 32.2. The summed E-state index contributed by atoms with van der Waals surface area (Å²) in [5, 5.41) is 0.905. The average Bonchev–Trinajstić information content (AvgIpc) is 2.44. The maximum absolute atomic E-state index is 5.98. The van der Waals surface area contributed by atoms with Crippen molar-refractivity contribution in [1.29, 1.82) is 0 Å². The van der Waals surface area contributed by atoms with Crippen molar-refractivity contribution in [1.82, 2.24) is 4.31 Å². The zero-order chi connectivity index (χ0) is 14.8. The summed E-state index contributed by atoms with van der Waals surface area (Å²) in [6, 6.07) is 0. The maximum atomic E-state index is 5.98. The number of hydrogen-bond donors (Lipinski definition) is 1. The van der Waals surface area contributed by atoms with E-state index in [-0.39, 0.29) is 5.54 Å². The van der Waals surface area contributed by atoms with Crippen molar-refractivity contribution < 1.29 is 0 Å². The summed E-state index contributed by atoms with van der Waals surface area (Å²) in [7, 11) is 0. The van der Waals surface area contributed by atoms with Crippen LogP contribution in [0, 0.1) is 0 Å². The highest BCUT2D eigenvalue weighted by molar-refractivity contribution is 8.00. The van der Waals surface area contributed by atoms with Crippen molar-refractivity contribution in [3.8, 4) is 0 Å². The summed E-state index contributed by atoms with van der Waals surface area (Å²) in [6.07, 6.45) is 18.1. The van der Waals surface area contributed by atoms with Gasteiger partial charge in [0, 0.05) is 23.7 Å². The van der Waals surface area contributed by atoms with Crippen LogP contribution in [0.15, 0.2) is 23.4 Å². The summed E-state index contributed by atoms with van der Waals surface area (Å²) < 4.78 is 2.39. The molecule has 1 heterocycles. The molecule has 0 fully saturated rings. The Hall–Kier alpha value is -0.570. The summed E-state index contributed by atoms with van der Waals surface area (Å²) in [6.45, 7) is 6.95. The first-order valence-corrected chi connectivity index (χ1v) is 9.01. The van der Waals surface area contributed by atoms with E-state index in [1.54, 1.807) is 11.9 Å². The van der Waals surface area contributed by atoms with Gasteiger partial charge in [-0.1, -0.05) is 58.8 Å². The molecular formula is C17H32N2S. The van der Waals surface area contributed by atoms with Crippen molar-refractivity contribution >= 4 is 11.9 Å². The maximum Gasteiger partial charge on any atom is 0.0868 e. The van der Waals surface area contributed by atoms with Crippen molar-refractivity contribution in [2.45, 2.75) is 84.1 Å². The van der Waals surface area contributed by atoms with E-state index < -0.39 is 0 Å². The Morgan fingerprint density at radius 2 is 1.65 bits per heavy atom. The lowest BCUT2D eigenvalue weighted by Gasteiger charge is -2.41. The van der Waals surface area contributed by atoms with Gasteiger partial charge in [-0.15, -0.1) is 0 Å². The Bertz CT molecular complexity index is 325. The number of rotatable bonds is 10. The second kappa shape index (κ2) is 9.38. The van der Waals surface area contributed by atoms with E-state index >= 15 is 0 Å². The van der Waals surface area contributed by atoms with Crippen molar-refractivity contribution in [3.05, 3.63) is 23.4 Å². The summed E-state index contributed by atoms with van der Waals surface area (Å²) >= 11 is 1.70. The molecule has 2 N–H and O–H groups in total. The molecule has 0 aromatic carbocycles. The molecule has 0 saturated carbocycles.